The van der Waals surface area contributed by atoms with Crippen LogP contribution >= 0.6 is 0 Å². The van der Waals surface area contributed by atoms with Gasteiger partial charge < -0.3 is 9.74 Å². The second-order valence-corrected chi connectivity index (χ2v) is 5.16. The van der Waals surface area contributed by atoms with Gasteiger partial charge >= 0.3 is 0 Å². The number of likely N-dealkylation sites (tertiary alicyclic amines) is 1. The summed E-state index contributed by atoms with van der Waals surface area (Å²) in [6.07, 6.45) is 5.23. The molecule has 2 fully saturated rings. The number of amides is 1. The Balaban J connectivity index is 1.85. The van der Waals surface area contributed by atoms with Gasteiger partial charge in [0, 0.05) is 13.1 Å². The third kappa shape index (κ3) is 1.22. The Morgan fingerprint density at radius 1 is 1.44 bits per heavy atom. The number of hydrogen-bond donors (Lipinski definition) is 0. The third-order valence-corrected chi connectivity index (χ3v) is 4.22. The van der Waals surface area contributed by atoms with Crippen molar-refractivity contribution in [3.63, 3.8) is 0 Å². The summed E-state index contributed by atoms with van der Waals surface area (Å²) in [6.45, 7) is 3.78. The molecular formula is C12H18N2O2. The van der Waals surface area contributed by atoms with Crippen LogP contribution in [0.1, 0.15) is 39.0 Å². The molecule has 1 saturated heterocycles. The maximum atomic E-state index is 12.5. The first-order valence-electron chi connectivity index (χ1n) is 6.26. The molecule has 1 amide bonds. The van der Waals surface area contributed by atoms with Gasteiger partial charge in [0.2, 0.25) is 5.60 Å². The summed E-state index contributed by atoms with van der Waals surface area (Å²) in [5.41, 5.74) is 0.388. The van der Waals surface area contributed by atoms with Crippen molar-refractivity contribution in [1.82, 2.24) is 4.90 Å². The Bertz CT molecular complexity index is 347. The zero-order valence-corrected chi connectivity index (χ0v) is 9.74. The number of carbonyl (C=O) groups is 1. The van der Waals surface area contributed by atoms with Gasteiger partial charge in [-0.25, -0.2) is 0 Å². The highest BCUT2D eigenvalue weighted by atomic mass is 16.7. The minimum atomic E-state index is -0.617. The van der Waals surface area contributed by atoms with Crippen LogP contribution in [-0.2, 0) is 9.63 Å². The highest BCUT2D eigenvalue weighted by Crippen LogP contribution is 2.45. The first-order chi connectivity index (χ1) is 7.74. The first kappa shape index (κ1) is 10.1. The van der Waals surface area contributed by atoms with Gasteiger partial charge in [0.05, 0.1) is 11.6 Å². The van der Waals surface area contributed by atoms with Crippen molar-refractivity contribution < 1.29 is 9.63 Å². The Morgan fingerprint density at radius 2 is 2.19 bits per heavy atom. The predicted octanol–water partition coefficient (Wildman–Crippen LogP) is 1.55. The standard InChI is InChI=1S/C12H18N2O2/c1-9-10-5-4-6-12(10,16-13-9)11(15)14-7-2-3-8-14/h10H,2-8H2,1H3. The highest BCUT2D eigenvalue weighted by Gasteiger charge is 2.57. The molecule has 3 rings (SSSR count). The van der Waals surface area contributed by atoms with Crippen molar-refractivity contribution >= 4 is 11.6 Å². The van der Waals surface area contributed by atoms with E-state index >= 15 is 0 Å². The van der Waals surface area contributed by atoms with Crippen LogP contribution in [-0.4, -0.2) is 35.2 Å². The van der Waals surface area contributed by atoms with Crippen LogP contribution in [0.5, 0.6) is 0 Å². The molecule has 88 valence electrons. The van der Waals surface area contributed by atoms with E-state index < -0.39 is 5.60 Å². The molecule has 0 N–H and O–H groups in total. The maximum absolute atomic E-state index is 12.5. The molecule has 3 aliphatic rings. The number of nitrogens with zero attached hydrogens (tertiary/aromatic N) is 2. The van der Waals surface area contributed by atoms with Crippen molar-refractivity contribution in [3.05, 3.63) is 0 Å². The van der Waals surface area contributed by atoms with E-state index in [0.717, 1.165) is 50.9 Å². The summed E-state index contributed by atoms with van der Waals surface area (Å²) in [5.74, 6) is 0.425. The van der Waals surface area contributed by atoms with Crippen LogP contribution in [0.3, 0.4) is 0 Å². The number of fused-ring (bicyclic) bond motifs is 1. The molecule has 16 heavy (non-hydrogen) atoms. The summed E-state index contributed by atoms with van der Waals surface area (Å²) in [4.78, 5) is 20.0. The summed E-state index contributed by atoms with van der Waals surface area (Å²) in [7, 11) is 0. The second-order valence-electron chi connectivity index (χ2n) is 5.16. The predicted molar refractivity (Wildman–Crippen MR) is 60.1 cm³/mol. The number of hydrogen-bond acceptors (Lipinski definition) is 3. The molecule has 0 aromatic heterocycles. The van der Waals surface area contributed by atoms with Crippen molar-refractivity contribution in [3.8, 4) is 0 Å². The summed E-state index contributed by atoms with van der Waals surface area (Å²) >= 11 is 0. The van der Waals surface area contributed by atoms with Crippen LogP contribution in [0.25, 0.3) is 0 Å². The average molecular weight is 222 g/mol. The number of oxime groups is 1. The lowest BCUT2D eigenvalue weighted by Crippen LogP contribution is -2.50. The molecule has 0 aromatic carbocycles. The van der Waals surface area contributed by atoms with Crippen molar-refractivity contribution in [2.45, 2.75) is 44.6 Å². The van der Waals surface area contributed by atoms with Gasteiger partial charge in [-0.1, -0.05) is 5.16 Å². The van der Waals surface area contributed by atoms with E-state index in [1.54, 1.807) is 0 Å². The van der Waals surface area contributed by atoms with Gasteiger partial charge in [-0.15, -0.1) is 0 Å². The van der Waals surface area contributed by atoms with Crippen LogP contribution in [0, 0.1) is 5.92 Å². The lowest BCUT2D eigenvalue weighted by atomic mass is 9.87. The normalized spacial score (nSPS) is 37.2. The fraction of sp³-hybridized carbons (Fsp3) is 0.833. The van der Waals surface area contributed by atoms with Gasteiger partial charge in [0.15, 0.2) is 0 Å². The fourth-order valence-electron chi connectivity index (χ4n) is 3.33. The molecule has 0 spiro atoms. The first-order valence-corrected chi connectivity index (χ1v) is 6.26. The van der Waals surface area contributed by atoms with Crippen LogP contribution < -0.4 is 0 Å². The van der Waals surface area contributed by atoms with E-state index in [9.17, 15) is 4.79 Å². The van der Waals surface area contributed by atoms with E-state index in [1.165, 1.54) is 0 Å². The van der Waals surface area contributed by atoms with Crippen LogP contribution in [0.2, 0.25) is 0 Å². The number of carbonyl (C=O) groups excluding carboxylic acids is 1. The van der Waals surface area contributed by atoms with Gasteiger partial charge in [-0.05, 0) is 39.0 Å². The Morgan fingerprint density at radius 3 is 2.94 bits per heavy atom. The average Bonchev–Trinajstić information content (AvgIpc) is 2.96. The topological polar surface area (TPSA) is 41.9 Å². The molecule has 0 aromatic rings. The monoisotopic (exact) mass is 222 g/mol. The zero-order valence-electron chi connectivity index (χ0n) is 9.74. The van der Waals surface area contributed by atoms with E-state index in [-0.39, 0.29) is 11.8 Å². The quantitative estimate of drug-likeness (QED) is 0.675. The van der Waals surface area contributed by atoms with E-state index in [1.807, 2.05) is 11.8 Å². The minimum Gasteiger partial charge on any atom is -0.378 e. The molecule has 4 heteroatoms. The Kier molecular flexibility index (Phi) is 2.19. The molecule has 0 bridgehead atoms. The SMILES string of the molecule is CC1=NOC2(C(=O)N3CCCC3)CCCC12. The summed E-state index contributed by atoms with van der Waals surface area (Å²) in [6, 6.07) is 0. The van der Waals surface area contributed by atoms with Gasteiger partial charge in [0.25, 0.3) is 5.91 Å². The van der Waals surface area contributed by atoms with Gasteiger partial charge in [-0.3, -0.25) is 4.79 Å². The van der Waals surface area contributed by atoms with Crippen LogP contribution in [0.4, 0.5) is 0 Å². The molecule has 2 heterocycles. The van der Waals surface area contributed by atoms with Gasteiger partial charge in [0.1, 0.15) is 0 Å². The molecule has 0 radical (unpaired) electrons. The third-order valence-electron chi connectivity index (χ3n) is 4.22. The molecule has 1 saturated carbocycles. The summed E-state index contributed by atoms with van der Waals surface area (Å²) < 4.78 is 0. The van der Waals surface area contributed by atoms with Crippen molar-refractivity contribution in [2.75, 3.05) is 13.1 Å². The zero-order chi connectivity index (χ0) is 11.2. The lowest BCUT2D eigenvalue weighted by Gasteiger charge is -2.30. The smallest absolute Gasteiger partial charge is 0.270 e. The maximum Gasteiger partial charge on any atom is 0.270 e. The lowest BCUT2D eigenvalue weighted by molar-refractivity contribution is -0.156. The highest BCUT2D eigenvalue weighted by molar-refractivity contribution is 5.97. The molecule has 2 aliphatic heterocycles. The number of rotatable bonds is 1. The molecule has 2 unspecified atom stereocenters. The Labute approximate surface area is 95.6 Å². The van der Waals surface area contributed by atoms with Crippen molar-refractivity contribution in [2.24, 2.45) is 11.1 Å². The molecular weight excluding hydrogens is 204 g/mol. The second kappa shape index (κ2) is 3.47. The van der Waals surface area contributed by atoms with Crippen molar-refractivity contribution in [1.29, 1.82) is 0 Å². The Hall–Kier alpha value is -1.06. The molecule has 2 atom stereocenters. The van der Waals surface area contributed by atoms with Gasteiger partial charge in [-0.2, -0.15) is 0 Å². The molecule has 4 nitrogen and oxygen atoms in total. The van der Waals surface area contributed by atoms with Crippen LogP contribution in [0.15, 0.2) is 5.16 Å². The van der Waals surface area contributed by atoms with E-state index in [4.69, 9.17) is 4.84 Å². The molecule has 1 aliphatic carbocycles. The fourth-order valence-corrected chi connectivity index (χ4v) is 3.33. The van der Waals surface area contributed by atoms with E-state index in [0.29, 0.717) is 0 Å². The largest absolute Gasteiger partial charge is 0.378 e. The summed E-state index contributed by atoms with van der Waals surface area (Å²) in [5, 5.41) is 4.05. The van der Waals surface area contributed by atoms with E-state index in [2.05, 4.69) is 5.16 Å². The minimum absolute atomic E-state index is 0.188.